The van der Waals surface area contributed by atoms with Crippen molar-refractivity contribution in [1.29, 1.82) is 0 Å². The summed E-state index contributed by atoms with van der Waals surface area (Å²) in [5, 5.41) is 27.7. The molecular weight excluding hydrogens is 1100 g/mol. The van der Waals surface area contributed by atoms with E-state index < -0.39 is 47.9 Å². The van der Waals surface area contributed by atoms with Crippen molar-refractivity contribution in [2.45, 2.75) is 52.3 Å². The number of aromatic hydroxyl groups is 1. The predicted molar refractivity (Wildman–Crippen MR) is 313 cm³/mol. The van der Waals surface area contributed by atoms with Gasteiger partial charge in [-0.05, 0) is 117 Å². The maximum atomic E-state index is 14.5. The molecule has 23 nitrogen and oxygen atoms in total. The van der Waals surface area contributed by atoms with Gasteiger partial charge in [-0.2, -0.15) is 0 Å². The lowest BCUT2D eigenvalue weighted by Crippen LogP contribution is -2.51. The summed E-state index contributed by atoms with van der Waals surface area (Å²) in [6, 6.07) is 25.2. The predicted octanol–water partition coefficient (Wildman–Crippen LogP) is 6.71. The zero-order chi connectivity index (χ0) is 60.4. The van der Waals surface area contributed by atoms with Crippen LogP contribution in [0.5, 0.6) is 11.5 Å². The van der Waals surface area contributed by atoms with E-state index in [9.17, 15) is 43.5 Å². The molecule has 2 aliphatic rings. The van der Waals surface area contributed by atoms with E-state index in [1.165, 1.54) is 69.0 Å². The van der Waals surface area contributed by atoms with Crippen LogP contribution in [0, 0.1) is 12.8 Å². The standard InChI is InChI=1S/C60H66ClN11O12/c1-36(2)54(67(5)6)57(78)62-38(4)55(76)63-42-15-11-39(12-16-42)35-83-59(80)68(7)25-26-69(27-29-82-30-28-70-50(74)23-24-51(70)75)60(81)84-49-31-48-53(52-37(3)9-8-10-46(49)52)41(32-61)33-71(48)58(79)47-34-72(66-65-47)44-19-17-43(18-20-44)64-56(77)40-13-21-45(73)22-14-40/h8-24,31,34,36,38,41,54,73H,25-30,32-33,35H2,1-7H3,(H,62,78)(H,63,76)(H,64,77)/t38-,41+,54-/m0/s1. The van der Waals surface area contributed by atoms with Crippen LogP contribution in [-0.2, 0) is 35.3 Å². The number of ether oxygens (including phenoxy) is 3. The molecule has 0 fully saturated rings. The molecule has 8 amide bonds. The van der Waals surface area contributed by atoms with Crippen LogP contribution in [0.3, 0.4) is 0 Å². The first-order valence-electron chi connectivity index (χ1n) is 27.1. The molecule has 84 heavy (non-hydrogen) atoms. The highest BCUT2D eigenvalue weighted by Crippen LogP contribution is 2.47. The average Bonchev–Trinajstić information content (AvgIpc) is 2.39. The second kappa shape index (κ2) is 27.3. The van der Waals surface area contributed by atoms with Gasteiger partial charge in [0.1, 0.15) is 24.1 Å². The second-order valence-corrected chi connectivity index (χ2v) is 21.2. The Morgan fingerprint density at radius 3 is 2.15 bits per heavy atom. The van der Waals surface area contributed by atoms with Gasteiger partial charge in [0, 0.05) is 85.6 Å². The maximum absolute atomic E-state index is 14.5. The van der Waals surface area contributed by atoms with Crippen LogP contribution in [0.1, 0.15) is 64.2 Å². The van der Waals surface area contributed by atoms with Crippen molar-refractivity contribution < 1.29 is 57.7 Å². The average molecular weight is 1170 g/mol. The maximum Gasteiger partial charge on any atom is 0.415 e. The number of hydrogen-bond acceptors (Lipinski definition) is 15. The Bertz CT molecular complexity index is 3440. The number of rotatable bonds is 23. The Labute approximate surface area is 490 Å². The Morgan fingerprint density at radius 2 is 1.49 bits per heavy atom. The van der Waals surface area contributed by atoms with E-state index in [1.807, 2.05) is 39.0 Å². The normalized spacial score (nSPS) is 14.4. The molecule has 4 N–H and O–H groups in total. The van der Waals surface area contributed by atoms with Crippen molar-refractivity contribution >= 4 is 87.1 Å². The van der Waals surface area contributed by atoms with Gasteiger partial charge in [0.2, 0.25) is 11.8 Å². The molecule has 6 aromatic rings. The molecule has 0 unspecified atom stereocenters. The van der Waals surface area contributed by atoms with Crippen LogP contribution >= 0.6 is 11.6 Å². The number of fused-ring (bicyclic) bond motifs is 3. The van der Waals surface area contributed by atoms with Gasteiger partial charge < -0.3 is 50.0 Å². The minimum atomic E-state index is -0.812. The van der Waals surface area contributed by atoms with Crippen molar-refractivity contribution in [2.24, 2.45) is 5.92 Å². The number of likely N-dealkylation sites (N-methyl/N-ethyl adjacent to an activating group) is 2. The lowest BCUT2D eigenvalue weighted by Gasteiger charge is -2.28. The third-order valence-corrected chi connectivity index (χ3v) is 14.6. The number of phenolic OH excluding ortho intramolecular Hbond substituents is 1. The summed E-state index contributed by atoms with van der Waals surface area (Å²) in [4.78, 5) is 112. The van der Waals surface area contributed by atoms with Gasteiger partial charge in [0.15, 0.2) is 5.69 Å². The van der Waals surface area contributed by atoms with E-state index in [4.69, 9.17) is 25.8 Å². The molecule has 0 spiro atoms. The number of carbonyl (C=O) groups is 8. The molecule has 0 radical (unpaired) electrons. The molecule has 2 aliphatic heterocycles. The van der Waals surface area contributed by atoms with Crippen molar-refractivity contribution in [3.05, 3.63) is 143 Å². The monoisotopic (exact) mass is 1170 g/mol. The number of amides is 8. The van der Waals surface area contributed by atoms with E-state index in [0.717, 1.165) is 21.4 Å². The lowest BCUT2D eigenvalue weighted by atomic mass is 9.92. The van der Waals surface area contributed by atoms with Crippen LogP contribution in [0.4, 0.5) is 26.7 Å². The molecule has 0 saturated carbocycles. The zero-order valence-electron chi connectivity index (χ0n) is 47.5. The molecule has 24 heteroatoms. The number of imide groups is 1. The number of phenols is 1. The van der Waals surface area contributed by atoms with Crippen molar-refractivity contribution in [3.63, 3.8) is 0 Å². The third kappa shape index (κ3) is 14.5. The number of anilines is 3. The van der Waals surface area contributed by atoms with E-state index in [-0.39, 0.29) is 99.3 Å². The summed E-state index contributed by atoms with van der Waals surface area (Å²) in [6.45, 7) is 7.25. The molecule has 3 heterocycles. The molecule has 0 saturated heterocycles. The number of benzene rings is 5. The Kier molecular flexibility index (Phi) is 19.8. The van der Waals surface area contributed by atoms with Gasteiger partial charge in [-0.15, -0.1) is 16.7 Å². The Balaban J connectivity index is 0.940. The first-order valence-corrected chi connectivity index (χ1v) is 27.6. The number of halogens is 1. The fourth-order valence-corrected chi connectivity index (χ4v) is 10.1. The number of aromatic nitrogens is 3. The van der Waals surface area contributed by atoms with Crippen LogP contribution in [0.2, 0.25) is 0 Å². The topological polar surface area (TPSA) is 267 Å². The van der Waals surface area contributed by atoms with Crippen LogP contribution in [-0.4, -0.2) is 172 Å². The number of carbonyl (C=O) groups excluding carboxylic acids is 8. The van der Waals surface area contributed by atoms with Crippen LogP contribution in [0.15, 0.2) is 115 Å². The summed E-state index contributed by atoms with van der Waals surface area (Å²) in [6.07, 6.45) is 2.33. The van der Waals surface area contributed by atoms with E-state index >= 15 is 0 Å². The van der Waals surface area contributed by atoms with E-state index in [1.54, 1.807) is 80.5 Å². The van der Waals surface area contributed by atoms with Crippen molar-refractivity contribution in [1.82, 2.24) is 39.9 Å². The fourth-order valence-electron chi connectivity index (χ4n) is 9.81. The molecule has 5 aromatic carbocycles. The minimum absolute atomic E-state index is 0.0107. The van der Waals surface area contributed by atoms with Gasteiger partial charge in [0.25, 0.3) is 23.6 Å². The first kappa shape index (κ1) is 60.9. The van der Waals surface area contributed by atoms with Gasteiger partial charge >= 0.3 is 12.2 Å². The Hall–Kier alpha value is -9.19. The van der Waals surface area contributed by atoms with Gasteiger partial charge in [-0.3, -0.25) is 38.6 Å². The third-order valence-electron chi connectivity index (χ3n) is 14.2. The van der Waals surface area contributed by atoms with Crippen LogP contribution < -0.4 is 25.6 Å². The summed E-state index contributed by atoms with van der Waals surface area (Å²) in [7, 11) is 5.12. The molecule has 8 rings (SSSR count). The highest BCUT2D eigenvalue weighted by atomic mass is 35.5. The second-order valence-electron chi connectivity index (χ2n) is 20.8. The minimum Gasteiger partial charge on any atom is -0.508 e. The SMILES string of the molecule is Cc1cccc2c(OC(=O)N(CCOCCN3C(=O)C=CC3=O)CCN(C)C(=O)OCc3ccc(NC(=O)[C@H](C)NC(=O)[C@H](C(C)C)N(C)C)cc3)cc3c(c12)[C@H](CCl)CN3C(=O)c1cn(-c2ccc(NC(=O)c3ccc(O)cc3)cc2)nn1. The molecular formula is C60H66ClN11O12. The molecule has 3 atom stereocenters. The summed E-state index contributed by atoms with van der Waals surface area (Å²) >= 11 is 6.65. The van der Waals surface area contributed by atoms with Crippen molar-refractivity contribution in [2.75, 3.05) is 88.5 Å². The molecule has 0 aliphatic carbocycles. The largest absolute Gasteiger partial charge is 0.508 e. The van der Waals surface area contributed by atoms with E-state index in [2.05, 4.69) is 26.3 Å². The molecule has 0 bridgehead atoms. The Morgan fingerprint density at radius 1 is 0.810 bits per heavy atom. The number of nitrogens with zero attached hydrogens (tertiary/aromatic N) is 8. The van der Waals surface area contributed by atoms with Gasteiger partial charge in [0.05, 0.1) is 43.4 Å². The lowest BCUT2D eigenvalue weighted by molar-refractivity contribution is -0.137. The number of nitrogens with one attached hydrogen (secondary N) is 3. The quantitative estimate of drug-likeness (QED) is 0.0295. The first-order chi connectivity index (χ1) is 40.2. The summed E-state index contributed by atoms with van der Waals surface area (Å²) in [5.41, 5.74) is 4.59. The highest BCUT2D eigenvalue weighted by molar-refractivity contribution is 6.19. The van der Waals surface area contributed by atoms with Gasteiger partial charge in [-0.1, -0.05) is 49.4 Å². The summed E-state index contributed by atoms with van der Waals surface area (Å²) in [5.74, 6) is -2.40. The molecule has 1 aromatic heterocycles. The number of hydrogen-bond donors (Lipinski definition) is 4. The van der Waals surface area contributed by atoms with Gasteiger partial charge in [-0.25, -0.2) is 14.3 Å². The van der Waals surface area contributed by atoms with E-state index in [0.29, 0.717) is 39.3 Å². The van der Waals surface area contributed by atoms with Crippen LogP contribution in [0.25, 0.3) is 16.5 Å². The van der Waals surface area contributed by atoms with Crippen molar-refractivity contribution in [3.8, 4) is 17.2 Å². The number of alkyl halides is 1. The number of aryl methyl sites for hydroxylation is 1. The smallest absolute Gasteiger partial charge is 0.415 e. The molecule has 440 valence electrons. The zero-order valence-corrected chi connectivity index (χ0v) is 48.3. The summed E-state index contributed by atoms with van der Waals surface area (Å²) < 4.78 is 19.1. The highest BCUT2D eigenvalue weighted by Gasteiger charge is 2.37. The fraction of sp³-hybridized carbons (Fsp3) is 0.333.